The lowest BCUT2D eigenvalue weighted by Crippen LogP contribution is -2.46. The standard InChI is InChI=1S/C24H19ClN6O/c1-3-11-30-19-10-5-4-9-17(19)24(23(30)32)18(13-26)21(27)28-22-20(24)14(2)29-31(22)16-8-6-7-15(25)12-16/h3-10,12,28H,1,11,27H2,2H3. The summed E-state index contributed by atoms with van der Waals surface area (Å²) >= 11 is 6.21. The van der Waals surface area contributed by atoms with Crippen molar-refractivity contribution in [2.75, 3.05) is 16.8 Å². The first-order valence-electron chi connectivity index (χ1n) is 10.0. The number of nitrogens with zero attached hydrogens (tertiary/aromatic N) is 4. The number of fused-ring (bicyclic) bond motifs is 4. The minimum Gasteiger partial charge on any atom is -0.384 e. The SMILES string of the molecule is C=CCN1C(=O)C2(C(C#N)=C(N)Nc3c2c(C)nn3-c2cccc(Cl)c2)c2ccccc21. The Balaban J connectivity index is 1.89. The Labute approximate surface area is 190 Å². The maximum absolute atomic E-state index is 14.1. The van der Waals surface area contributed by atoms with Crippen molar-refractivity contribution >= 4 is 29.0 Å². The fourth-order valence-corrected chi connectivity index (χ4v) is 4.98. The third-order valence-electron chi connectivity index (χ3n) is 5.97. The van der Waals surface area contributed by atoms with Crippen LogP contribution in [0.5, 0.6) is 0 Å². The Morgan fingerprint density at radius 1 is 1.31 bits per heavy atom. The molecule has 3 N–H and O–H groups in total. The fourth-order valence-electron chi connectivity index (χ4n) is 4.79. The number of nitrogens with two attached hydrogens (primary N) is 1. The summed E-state index contributed by atoms with van der Waals surface area (Å²) < 4.78 is 1.67. The van der Waals surface area contributed by atoms with Gasteiger partial charge in [0.2, 0.25) is 5.91 Å². The molecule has 3 aromatic rings. The molecule has 0 fully saturated rings. The quantitative estimate of drug-likeness (QED) is 0.601. The number of carbonyl (C=O) groups excluding carboxylic acids is 1. The normalized spacial score (nSPS) is 18.9. The molecule has 5 rings (SSSR count). The van der Waals surface area contributed by atoms with E-state index in [4.69, 9.17) is 22.4 Å². The lowest BCUT2D eigenvalue weighted by Gasteiger charge is -2.34. The molecule has 1 unspecified atom stereocenters. The van der Waals surface area contributed by atoms with Gasteiger partial charge >= 0.3 is 0 Å². The van der Waals surface area contributed by atoms with E-state index in [1.54, 1.807) is 27.8 Å². The van der Waals surface area contributed by atoms with Crippen LogP contribution in [0.15, 0.2) is 72.6 Å². The third kappa shape index (κ3) is 2.41. The van der Waals surface area contributed by atoms with Crippen LogP contribution in [0.25, 0.3) is 5.69 Å². The number of amides is 1. The highest BCUT2D eigenvalue weighted by Crippen LogP contribution is 2.55. The largest absolute Gasteiger partial charge is 0.384 e. The highest BCUT2D eigenvalue weighted by atomic mass is 35.5. The Morgan fingerprint density at radius 3 is 2.81 bits per heavy atom. The summed E-state index contributed by atoms with van der Waals surface area (Å²) in [5.74, 6) is 0.395. The molecule has 0 saturated heterocycles. The molecule has 1 spiro atoms. The van der Waals surface area contributed by atoms with Gasteiger partial charge < -0.3 is 16.0 Å². The Hall–Kier alpha value is -4.02. The van der Waals surface area contributed by atoms with Crippen LogP contribution in [-0.2, 0) is 10.2 Å². The predicted octanol–water partition coefficient (Wildman–Crippen LogP) is 3.77. The average molecular weight is 443 g/mol. The van der Waals surface area contributed by atoms with Gasteiger partial charge in [0.1, 0.15) is 23.1 Å². The summed E-state index contributed by atoms with van der Waals surface area (Å²) in [5.41, 5.74) is 8.46. The number of halogens is 1. The Morgan fingerprint density at radius 2 is 2.09 bits per heavy atom. The number of carbonyl (C=O) groups is 1. The second kappa shape index (κ2) is 7.01. The van der Waals surface area contributed by atoms with E-state index in [1.807, 2.05) is 43.3 Å². The van der Waals surface area contributed by atoms with Gasteiger partial charge in [-0.3, -0.25) is 4.79 Å². The van der Waals surface area contributed by atoms with Crippen molar-refractivity contribution in [1.29, 1.82) is 5.26 Å². The third-order valence-corrected chi connectivity index (χ3v) is 6.21. The van der Waals surface area contributed by atoms with E-state index in [1.165, 1.54) is 0 Å². The van der Waals surface area contributed by atoms with Crippen molar-refractivity contribution in [3.05, 3.63) is 94.4 Å². The van der Waals surface area contributed by atoms with E-state index in [9.17, 15) is 10.1 Å². The number of para-hydroxylation sites is 1. The Kier molecular flexibility index (Phi) is 4.36. The van der Waals surface area contributed by atoms with Crippen LogP contribution in [0.2, 0.25) is 5.02 Å². The highest BCUT2D eigenvalue weighted by Gasteiger charge is 2.60. The predicted molar refractivity (Wildman–Crippen MR) is 124 cm³/mol. The smallest absolute Gasteiger partial charge is 0.248 e. The maximum atomic E-state index is 14.1. The van der Waals surface area contributed by atoms with E-state index >= 15 is 0 Å². The molecule has 2 aliphatic heterocycles. The molecule has 8 heteroatoms. The first kappa shape index (κ1) is 19.9. The minimum atomic E-state index is -1.40. The fraction of sp³-hybridized carbons (Fsp3) is 0.125. The molecule has 158 valence electrons. The van der Waals surface area contributed by atoms with Crippen LogP contribution >= 0.6 is 11.6 Å². The first-order valence-corrected chi connectivity index (χ1v) is 10.4. The van der Waals surface area contributed by atoms with Gasteiger partial charge in [-0.05, 0) is 31.2 Å². The Bertz CT molecular complexity index is 1380. The molecule has 32 heavy (non-hydrogen) atoms. The minimum absolute atomic E-state index is 0.117. The van der Waals surface area contributed by atoms with Crippen molar-refractivity contribution in [3.8, 4) is 11.8 Å². The first-order chi connectivity index (χ1) is 15.4. The monoisotopic (exact) mass is 442 g/mol. The van der Waals surface area contributed by atoms with Crippen LogP contribution in [0.4, 0.5) is 11.5 Å². The zero-order chi connectivity index (χ0) is 22.6. The van der Waals surface area contributed by atoms with Crippen LogP contribution in [0.3, 0.4) is 0 Å². The number of hydrogen-bond donors (Lipinski definition) is 2. The molecular weight excluding hydrogens is 424 g/mol. The van der Waals surface area contributed by atoms with Crippen molar-refractivity contribution in [3.63, 3.8) is 0 Å². The second-order valence-corrected chi connectivity index (χ2v) is 8.13. The number of rotatable bonds is 3. The molecule has 1 amide bonds. The molecule has 0 radical (unpaired) electrons. The van der Waals surface area contributed by atoms with Crippen molar-refractivity contribution in [2.45, 2.75) is 12.3 Å². The summed E-state index contributed by atoms with van der Waals surface area (Å²) in [7, 11) is 0. The molecule has 1 atom stereocenters. The zero-order valence-corrected chi connectivity index (χ0v) is 18.0. The number of anilines is 2. The molecule has 2 aromatic carbocycles. The zero-order valence-electron chi connectivity index (χ0n) is 17.3. The molecule has 0 bridgehead atoms. The highest BCUT2D eigenvalue weighted by molar-refractivity contribution is 6.30. The van der Waals surface area contributed by atoms with E-state index in [0.717, 1.165) is 5.69 Å². The molecular formula is C24H19ClN6O. The number of nitriles is 1. The van der Waals surface area contributed by atoms with Gasteiger partial charge in [-0.15, -0.1) is 6.58 Å². The summed E-state index contributed by atoms with van der Waals surface area (Å²) in [6.45, 7) is 5.93. The summed E-state index contributed by atoms with van der Waals surface area (Å²) in [6, 6.07) is 16.9. The van der Waals surface area contributed by atoms with Crippen molar-refractivity contribution in [1.82, 2.24) is 9.78 Å². The van der Waals surface area contributed by atoms with Gasteiger partial charge in [0.25, 0.3) is 0 Å². The van der Waals surface area contributed by atoms with Gasteiger partial charge in [0.05, 0.1) is 17.0 Å². The molecule has 0 saturated carbocycles. The van der Waals surface area contributed by atoms with Gasteiger partial charge in [0.15, 0.2) is 0 Å². The maximum Gasteiger partial charge on any atom is 0.248 e. The molecule has 0 aliphatic carbocycles. The molecule has 7 nitrogen and oxygen atoms in total. The molecule has 3 heterocycles. The number of aromatic nitrogens is 2. The van der Waals surface area contributed by atoms with Crippen molar-refractivity contribution < 1.29 is 4.79 Å². The number of nitrogens with one attached hydrogen (secondary N) is 1. The van der Waals surface area contributed by atoms with E-state index in [-0.39, 0.29) is 17.3 Å². The van der Waals surface area contributed by atoms with Gasteiger partial charge in [0, 0.05) is 28.4 Å². The average Bonchev–Trinajstić information content (AvgIpc) is 3.23. The molecule has 2 aliphatic rings. The van der Waals surface area contributed by atoms with E-state index in [2.05, 4.69) is 18.0 Å². The van der Waals surface area contributed by atoms with E-state index in [0.29, 0.717) is 39.9 Å². The lowest BCUT2D eigenvalue weighted by molar-refractivity contribution is -0.120. The second-order valence-electron chi connectivity index (χ2n) is 7.70. The van der Waals surface area contributed by atoms with Crippen LogP contribution in [0, 0.1) is 18.3 Å². The number of hydrogen-bond acceptors (Lipinski definition) is 5. The summed E-state index contributed by atoms with van der Waals surface area (Å²) in [6.07, 6.45) is 1.66. The number of benzene rings is 2. The molecule has 1 aromatic heterocycles. The number of aryl methyl sites for hydroxylation is 1. The van der Waals surface area contributed by atoms with Gasteiger partial charge in [-0.2, -0.15) is 10.4 Å². The van der Waals surface area contributed by atoms with Crippen molar-refractivity contribution in [2.24, 2.45) is 5.73 Å². The summed E-state index contributed by atoms with van der Waals surface area (Å²) in [4.78, 5) is 15.7. The van der Waals surface area contributed by atoms with Crippen LogP contribution in [0.1, 0.15) is 16.8 Å². The van der Waals surface area contributed by atoms with Gasteiger partial charge in [-0.1, -0.05) is 41.9 Å². The van der Waals surface area contributed by atoms with E-state index < -0.39 is 5.41 Å². The van der Waals surface area contributed by atoms with Crippen LogP contribution < -0.4 is 16.0 Å². The topological polar surface area (TPSA) is 100.0 Å². The summed E-state index contributed by atoms with van der Waals surface area (Å²) in [5, 5.41) is 18.5. The van der Waals surface area contributed by atoms with Crippen LogP contribution in [-0.4, -0.2) is 22.2 Å². The lowest BCUT2D eigenvalue weighted by atomic mass is 9.68. The van der Waals surface area contributed by atoms with Gasteiger partial charge in [-0.25, -0.2) is 4.68 Å².